The van der Waals surface area contributed by atoms with Gasteiger partial charge in [-0.1, -0.05) is 0 Å². The molecule has 1 heterocycles. The number of primary amides is 1. The molecule has 0 radical (unpaired) electrons. The van der Waals surface area contributed by atoms with Crippen molar-refractivity contribution in [2.45, 2.75) is 18.9 Å². The van der Waals surface area contributed by atoms with Crippen LogP contribution in [-0.2, 0) is 4.79 Å². The molecule has 0 bridgehead atoms. The number of amides is 2. The van der Waals surface area contributed by atoms with Gasteiger partial charge in [0.05, 0.1) is 17.3 Å². The van der Waals surface area contributed by atoms with Crippen LogP contribution in [0.5, 0.6) is 0 Å². The lowest BCUT2D eigenvalue weighted by Gasteiger charge is -2.12. The predicted octanol–water partition coefficient (Wildman–Crippen LogP) is 0.754. The number of carbonyl (C=O) groups is 2. The topological polar surface area (TPSA) is 84.2 Å². The van der Waals surface area contributed by atoms with Gasteiger partial charge < -0.3 is 16.4 Å². The number of halogens is 2. The molecule has 4 N–H and O–H groups in total. The van der Waals surface area contributed by atoms with E-state index in [1.165, 1.54) is 0 Å². The van der Waals surface area contributed by atoms with E-state index in [1.54, 1.807) is 0 Å². The Labute approximate surface area is 108 Å². The molecule has 0 aliphatic carbocycles. The standard InChI is InChI=1S/C12H13F2N3O2/c13-7-5-8(14)10(4-6(7)11(15)18)17-12(19)9-2-1-3-16-9/h4-5,9,16H,1-3H2,(H2,15,18)(H,17,19). The largest absolute Gasteiger partial charge is 0.366 e. The fraction of sp³-hybridized carbons (Fsp3) is 0.333. The molecule has 1 fully saturated rings. The highest BCUT2D eigenvalue weighted by Crippen LogP contribution is 2.20. The van der Waals surface area contributed by atoms with Crippen LogP contribution in [0.4, 0.5) is 14.5 Å². The van der Waals surface area contributed by atoms with Crippen molar-refractivity contribution in [3.05, 3.63) is 29.3 Å². The van der Waals surface area contributed by atoms with Crippen LogP contribution >= 0.6 is 0 Å². The van der Waals surface area contributed by atoms with Crippen LogP contribution in [0.3, 0.4) is 0 Å². The maximum absolute atomic E-state index is 13.5. The molecule has 2 rings (SSSR count). The van der Waals surface area contributed by atoms with Crippen molar-refractivity contribution >= 4 is 17.5 Å². The minimum Gasteiger partial charge on any atom is -0.366 e. The van der Waals surface area contributed by atoms with E-state index >= 15 is 0 Å². The van der Waals surface area contributed by atoms with Crippen molar-refractivity contribution in [3.63, 3.8) is 0 Å². The molecule has 19 heavy (non-hydrogen) atoms. The second kappa shape index (κ2) is 5.31. The summed E-state index contributed by atoms with van der Waals surface area (Å²) in [5.41, 5.74) is 4.24. The molecule has 0 spiro atoms. The van der Waals surface area contributed by atoms with Gasteiger partial charge in [-0.2, -0.15) is 0 Å². The molecule has 0 saturated carbocycles. The summed E-state index contributed by atoms with van der Waals surface area (Å²) in [6.45, 7) is 0.719. The maximum Gasteiger partial charge on any atom is 0.251 e. The first kappa shape index (κ1) is 13.4. The molecular formula is C12H13F2N3O2. The summed E-state index contributed by atoms with van der Waals surface area (Å²) >= 11 is 0. The average molecular weight is 269 g/mol. The Morgan fingerprint density at radius 3 is 2.63 bits per heavy atom. The van der Waals surface area contributed by atoms with Crippen LogP contribution in [0, 0.1) is 11.6 Å². The summed E-state index contributed by atoms with van der Waals surface area (Å²) in [5.74, 6) is -3.44. The Morgan fingerprint density at radius 2 is 2.05 bits per heavy atom. The third kappa shape index (κ3) is 2.87. The minimum absolute atomic E-state index is 0.256. The fourth-order valence-electron chi connectivity index (χ4n) is 1.96. The number of nitrogens with one attached hydrogen (secondary N) is 2. The Balaban J connectivity index is 2.21. The van der Waals surface area contributed by atoms with Crippen molar-refractivity contribution < 1.29 is 18.4 Å². The van der Waals surface area contributed by atoms with E-state index < -0.39 is 35.1 Å². The van der Waals surface area contributed by atoms with Gasteiger partial charge in [0.15, 0.2) is 0 Å². The van der Waals surface area contributed by atoms with E-state index in [0.717, 1.165) is 19.0 Å². The molecular weight excluding hydrogens is 256 g/mol. The summed E-state index contributed by atoms with van der Waals surface area (Å²) in [4.78, 5) is 22.7. The fourth-order valence-corrected chi connectivity index (χ4v) is 1.96. The van der Waals surface area contributed by atoms with Gasteiger partial charge in [-0.05, 0) is 25.5 Å². The monoisotopic (exact) mass is 269 g/mol. The zero-order valence-corrected chi connectivity index (χ0v) is 10.0. The first-order valence-electron chi connectivity index (χ1n) is 5.82. The first-order chi connectivity index (χ1) is 8.99. The maximum atomic E-state index is 13.5. The molecule has 5 nitrogen and oxygen atoms in total. The molecule has 1 unspecified atom stereocenters. The number of hydrogen-bond donors (Lipinski definition) is 3. The molecule has 1 atom stereocenters. The van der Waals surface area contributed by atoms with E-state index in [1.807, 2.05) is 0 Å². The smallest absolute Gasteiger partial charge is 0.251 e. The average Bonchev–Trinajstić information content (AvgIpc) is 2.85. The van der Waals surface area contributed by atoms with E-state index in [2.05, 4.69) is 10.6 Å². The van der Waals surface area contributed by atoms with Gasteiger partial charge >= 0.3 is 0 Å². The van der Waals surface area contributed by atoms with Crippen molar-refractivity contribution in [2.75, 3.05) is 11.9 Å². The normalized spacial score (nSPS) is 18.3. The molecule has 0 aromatic heterocycles. The molecule has 1 saturated heterocycles. The highest BCUT2D eigenvalue weighted by atomic mass is 19.1. The number of rotatable bonds is 3. The van der Waals surface area contributed by atoms with Gasteiger partial charge in [0, 0.05) is 6.07 Å². The third-order valence-electron chi connectivity index (χ3n) is 2.96. The highest BCUT2D eigenvalue weighted by molar-refractivity contribution is 5.98. The van der Waals surface area contributed by atoms with Gasteiger partial charge in [-0.3, -0.25) is 9.59 Å². The molecule has 7 heteroatoms. The van der Waals surface area contributed by atoms with Gasteiger partial charge in [0.25, 0.3) is 5.91 Å². The number of benzene rings is 1. The van der Waals surface area contributed by atoms with E-state index in [4.69, 9.17) is 5.73 Å². The van der Waals surface area contributed by atoms with Gasteiger partial charge in [-0.15, -0.1) is 0 Å². The van der Waals surface area contributed by atoms with Crippen molar-refractivity contribution in [3.8, 4) is 0 Å². The Morgan fingerprint density at radius 1 is 1.32 bits per heavy atom. The van der Waals surface area contributed by atoms with E-state index in [-0.39, 0.29) is 5.69 Å². The summed E-state index contributed by atoms with van der Waals surface area (Å²) in [5, 5.41) is 5.27. The minimum atomic E-state index is -1.05. The van der Waals surface area contributed by atoms with Crippen molar-refractivity contribution in [1.82, 2.24) is 5.32 Å². The Hall–Kier alpha value is -2.02. The third-order valence-corrected chi connectivity index (χ3v) is 2.96. The summed E-state index contributed by atoms with van der Waals surface area (Å²) in [6, 6.07) is 1.03. The molecule has 1 aromatic carbocycles. The Bertz CT molecular complexity index is 528. The summed E-state index contributed by atoms with van der Waals surface area (Å²) in [7, 11) is 0. The van der Waals surface area contributed by atoms with Gasteiger partial charge in [0.2, 0.25) is 5.91 Å². The number of hydrogen-bond acceptors (Lipinski definition) is 3. The highest BCUT2D eigenvalue weighted by Gasteiger charge is 2.23. The number of anilines is 1. The summed E-state index contributed by atoms with van der Waals surface area (Å²) in [6.07, 6.45) is 1.51. The van der Waals surface area contributed by atoms with E-state index in [9.17, 15) is 18.4 Å². The lowest BCUT2D eigenvalue weighted by atomic mass is 10.1. The van der Waals surface area contributed by atoms with Gasteiger partial charge in [-0.25, -0.2) is 8.78 Å². The zero-order valence-electron chi connectivity index (χ0n) is 10.0. The van der Waals surface area contributed by atoms with Crippen LogP contribution in [0.25, 0.3) is 0 Å². The molecule has 1 aliphatic rings. The SMILES string of the molecule is NC(=O)c1cc(NC(=O)C2CCCN2)c(F)cc1F. The van der Waals surface area contributed by atoms with Crippen LogP contribution < -0.4 is 16.4 Å². The Kier molecular flexibility index (Phi) is 3.75. The molecule has 2 amide bonds. The molecule has 1 aromatic rings. The van der Waals surface area contributed by atoms with Crippen LogP contribution in [0.15, 0.2) is 12.1 Å². The van der Waals surface area contributed by atoms with Crippen molar-refractivity contribution in [2.24, 2.45) is 5.73 Å². The number of nitrogens with two attached hydrogens (primary N) is 1. The van der Waals surface area contributed by atoms with Crippen LogP contribution in [-0.4, -0.2) is 24.4 Å². The predicted molar refractivity (Wildman–Crippen MR) is 64.5 cm³/mol. The molecule has 102 valence electrons. The summed E-state index contributed by atoms with van der Waals surface area (Å²) < 4.78 is 26.8. The quantitative estimate of drug-likeness (QED) is 0.757. The first-order valence-corrected chi connectivity index (χ1v) is 5.82. The lowest BCUT2D eigenvalue weighted by molar-refractivity contribution is -0.117. The zero-order chi connectivity index (χ0) is 14.0. The van der Waals surface area contributed by atoms with Crippen LogP contribution in [0.2, 0.25) is 0 Å². The van der Waals surface area contributed by atoms with Crippen LogP contribution in [0.1, 0.15) is 23.2 Å². The van der Waals surface area contributed by atoms with Crippen molar-refractivity contribution in [1.29, 1.82) is 0 Å². The second-order valence-corrected chi connectivity index (χ2v) is 4.31. The lowest BCUT2D eigenvalue weighted by Crippen LogP contribution is -2.35. The number of carbonyl (C=O) groups excluding carboxylic acids is 2. The van der Waals surface area contributed by atoms with E-state index in [0.29, 0.717) is 12.5 Å². The van der Waals surface area contributed by atoms with Gasteiger partial charge in [0.1, 0.15) is 11.6 Å². The second-order valence-electron chi connectivity index (χ2n) is 4.31. The molecule has 1 aliphatic heterocycles.